The summed E-state index contributed by atoms with van der Waals surface area (Å²) >= 11 is 0. The monoisotopic (exact) mass is 187 g/mol. The van der Waals surface area contributed by atoms with Gasteiger partial charge in [0.25, 0.3) is 0 Å². The molecule has 0 aliphatic carbocycles. The smallest absolute Gasteiger partial charge is 0.326 e. The molecule has 13 heavy (non-hydrogen) atoms. The van der Waals surface area contributed by atoms with E-state index in [4.69, 9.17) is 5.11 Å². The molecule has 4 heteroatoms. The summed E-state index contributed by atoms with van der Waals surface area (Å²) in [6.45, 7) is 5.42. The molecule has 0 rings (SSSR count). The summed E-state index contributed by atoms with van der Waals surface area (Å²) in [7, 11) is 0. The first-order valence-electron chi connectivity index (χ1n) is 4.51. The van der Waals surface area contributed by atoms with Gasteiger partial charge in [-0.3, -0.25) is 4.79 Å². The van der Waals surface area contributed by atoms with Gasteiger partial charge in [-0.05, 0) is 12.3 Å². The lowest BCUT2D eigenvalue weighted by Gasteiger charge is -2.17. The maximum Gasteiger partial charge on any atom is 0.326 e. The average Bonchev–Trinajstić information content (AvgIpc) is 1.99. The maximum absolute atomic E-state index is 11.1. The third-order valence-electron chi connectivity index (χ3n) is 1.73. The summed E-state index contributed by atoms with van der Waals surface area (Å²) in [4.78, 5) is 21.8. The summed E-state index contributed by atoms with van der Waals surface area (Å²) in [5.41, 5.74) is 0. The molecule has 0 aromatic heterocycles. The molecule has 4 nitrogen and oxygen atoms in total. The Balaban J connectivity index is 4.10. The van der Waals surface area contributed by atoms with Crippen molar-refractivity contribution in [2.24, 2.45) is 5.92 Å². The molecular formula is C9H17NO3. The normalized spacial score (nSPS) is 12.6. The molecule has 0 aliphatic heterocycles. The van der Waals surface area contributed by atoms with E-state index in [-0.39, 0.29) is 11.8 Å². The minimum absolute atomic E-state index is 0.0849. The van der Waals surface area contributed by atoms with Crippen molar-refractivity contribution in [3.8, 4) is 0 Å². The quantitative estimate of drug-likeness (QED) is 0.675. The summed E-state index contributed by atoms with van der Waals surface area (Å²) in [6, 6.07) is -0.765. The molecule has 1 amide bonds. The number of amides is 1. The minimum atomic E-state index is -0.973. The lowest BCUT2D eigenvalue weighted by molar-refractivity contribution is -0.143. The van der Waals surface area contributed by atoms with E-state index in [0.717, 1.165) is 6.42 Å². The lowest BCUT2D eigenvalue weighted by Crippen LogP contribution is -2.44. The van der Waals surface area contributed by atoms with Gasteiger partial charge in [-0.2, -0.15) is 0 Å². The Hall–Kier alpha value is -1.06. The van der Waals surface area contributed by atoms with E-state index in [0.29, 0.717) is 6.42 Å². The largest absolute Gasteiger partial charge is 0.480 e. The third-order valence-corrected chi connectivity index (χ3v) is 1.73. The maximum atomic E-state index is 11.1. The highest BCUT2D eigenvalue weighted by atomic mass is 16.4. The van der Waals surface area contributed by atoms with Crippen LogP contribution in [-0.2, 0) is 9.59 Å². The number of hydrogen-bond donors (Lipinski definition) is 2. The molecular weight excluding hydrogens is 170 g/mol. The Bertz CT molecular complexity index is 189. The molecule has 0 saturated heterocycles. The van der Waals surface area contributed by atoms with Crippen LogP contribution in [0.3, 0.4) is 0 Å². The van der Waals surface area contributed by atoms with Gasteiger partial charge >= 0.3 is 5.97 Å². The van der Waals surface area contributed by atoms with Crippen LogP contribution in [0.15, 0.2) is 0 Å². The summed E-state index contributed by atoms with van der Waals surface area (Å²) in [6.07, 6.45) is 1.12. The van der Waals surface area contributed by atoms with Crippen LogP contribution in [0, 0.1) is 5.92 Å². The second-order valence-corrected chi connectivity index (χ2v) is 3.38. The van der Waals surface area contributed by atoms with Gasteiger partial charge in [0.05, 0.1) is 0 Å². The SMILES string of the molecule is CCCC(=O)N[C@H](C(=O)O)C(C)C. The zero-order chi connectivity index (χ0) is 10.4. The molecule has 0 spiro atoms. The van der Waals surface area contributed by atoms with Crippen molar-refractivity contribution < 1.29 is 14.7 Å². The van der Waals surface area contributed by atoms with Gasteiger partial charge < -0.3 is 10.4 Å². The predicted molar refractivity (Wildman–Crippen MR) is 49.3 cm³/mol. The number of rotatable bonds is 5. The Morgan fingerprint density at radius 1 is 1.38 bits per heavy atom. The highest BCUT2D eigenvalue weighted by Crippen LogP contribution is 2.02. The van der Waals surface area contributed by atoms with Crippen LogP contribution in [0.25, 0.3) is 0 Å². The number of nitrogens with one attached hydrogen (secondary N) is 1. The second kappa shape index (κ2) is 5.56. The molecule has 0 aliphatic rings. The van der Waals surface area contributed by atoms with Crippen molar-refractivity contribution in [1.82, 2.24) is 5.32 Å². The van der Waals surface area contributed by atoms with Gasteiger partial charge in [0.1, 0.15) is 6.04 Å². The Morgan fingerprint density at radius 3 is 2.23 bits per heavy atom. The Kier molecular flexibility index (Phi) is 5.11. The Morgan fingerprint density at radius 2 is 1.92 bits per heavy atom. The zero-order valence-corrected chi connectivity index (χ0v) is 8.33. The minimum Gasteiger partial charge on any atom is -0.480 e. The average molecular weight is 187 g/mol. The van der Waals surface area contributed by atoms with Crippen molar-refractivity contribution in [1.29, 1.82) is 0 Å². The van der Waals surface area contributed by atoms with Gasteiger partial charge in [-0.25, -0.2) is 4.79 Å². The first kappa shape index (κ1) is 11.9. The lowest BCUT2D eigenvalue weighted by atomic mass is 10.0. The van der Waals surface area contributed by atoms with Crippen LogP contribution >= 0.6 is 0 Å². The molecule has 0 bridgehead atoms. The topological polar surface area (TPSA) is 66.4 Å². The number of aliphatic carboxylic acids is 1. The van der Waals surface area contributed by atoms with E-state index < -0.39 is 12.0 Å². The van der Waals surface area contributed by atoms with Crippen LogP contribution in [0.5, 0.6) is 0 Å². The van der Waals surface area contributed by atoms with Crippen LogP contribution < -0.4 is 5.32 Å². The van der Waals surface area contributed by atoms with Crippen LogP contribution in [0.2, 0.25) is 0 Å². The fourth-order valence-corrected chi connectivity index (χ4v) is 0.986. The number of carbonyl (C=O) groups excluding carboxylic acids is 1. The van der Waals surface area contributed by atoms with Gasteiger partial charge in [-0.15, -0.1) is 0 Å². The van der Waals surface area contributed by atoms with Crippen LogP contribution in [0.1, 0.15) is 33.6 Å². The molecule has 0 aromatic carbocycles. The molecule has 76 valence electrons. The van der Waals surface area contributed by atoms with Gasteiger partial charge in [-0.1, -0.05) is 20.8 Å². The van der Waals surface area contributed by atoms with E-state index in [1.165, 1.54) is 0 Å². The predicted octanol–water partition coefficient (Wildman–Crippen LogP) is 1.01. The second-order valence-electron chi connectivity index (χ2n) is 3.38. The molecule has 2 N–H and O–H groups in total. The fourth-order valence-electron chi connectivity index (χ4n) is 0.986. The van der Waals surface area contributed by atoms with Crippen LogP contribution in [-0.4, -0.2) is 23.0 Å². The van der Waals surface area contributed by atoms with Crippen molar-refractivity contribution >= 4 is 11.9 Å². The molecule has 0 saturated carbocycles. The van der Waals surface area contributed by atoms with E-state index in [9.17, 15) is 9.59 Å². The number of carboxylic acid groups (broad SMARTS) is 1. The first-order chi connectivity index (χ1) is 5.99. The van der Waals surface area contributed by atoms with Crippen molar-refractivity contribution in [2.75, 3.05) is 0 Å². The molecule has 0 fully saturated rings. The highest BCUT2D eigenvalue weighted by molar-refractivity contribution is 5.83. The van der Waals surface area contributed by atoms with E-state index in [1.54, 1.807) is 13.8 Å². The van der Waals surface area contributed by atoms with Crippen molar-refractivity contribution in [2.45, 2.75) is 39.7 Å². The zero-order valence-electron chi connectivity index (χ0n) is 8.33. The fraction of sp³-hybridized carbons (Fsp3) is 0.778. The van der Waals surface area contributed by atoms with Crippen LogP contribution in [0.4, 0.5) is 0 Å². The van der Waals surface area contributed by atoms with Gasteiger partial charge in [0, 0.05) is 6.42 Å². The van der Waals surface area contributed by atoms with E-state index >= 15 is 0 Å². The molecule has 0 radical (unpaired) electrons. The molecule has 0 unspecified atom stereocenters. The van der Waals surface area contributed by atoms with Crippen molar-refractivity contribution in [3.05, 3.63) is 0 Å². The van der Waals surface area contributed by atoms with Gasteiger partial charge in [0.15, 0.2) is 0 Å². The summed E-state index contributed by atoms with van der Waals surface area (Å²) < 4.78 is 0. The number of hydrogen-bond acceptors (Lipinski definition) is 2. The molecule has 0 aromatic rings. The van der Waals surface area contributed by atoms with E-state index in [2.05, 4.69) is 5.32 Å². The van der Waals surface area contributed by atoms with Crippen molar-refractivity contribution in [3.63, 3.8) is 0 Å². The summed E-state index contributed by atoms with van der Waals surface area (Å²) in [5.74, 6) is -1.25. The number of carboxylic acids is 1. The molecule has 0 heterocycles. The standard InChI is InChI=1S/C9H17NO3/c1-4-5-7(11)10-8(6(2)3)9(12)13/h6,8H,4-5H2,1-3H3,(H,10,11)(H,12,13)/t8-/m0/s1. The Labute approximate surface area is 78.3 Å². The summed E-state index contributed by atoms with van der Waals surface area (Å²) in [5, 5.41) is 11.2. The van der Waals surface area contributed by atoms with Gasteiger partial charge in [0.2, 0.25) is 5.91 Å². The van der Waals surface area contributed by atoms with E-state index in [1.807, 2.05) is 6.92 Å². The highest BCUT2D eigenvalue weighted by Gasteiger charge is 2.22. The third kappa shape index (κ3) is 4.50. The number of carbonyl (C=O) groups is 2. The molecule has 1 atom stereocenters. The first-order valence-corrected chi connectivity index (χ1v) is 4.51.